The number of carboxylic acid groups (broad SMARTS) is 1. The number of anilines is 1. The van der Waals surface area contributed by atoms with Crippen molar-refractivity contribution in [2.24, 2.45) is 25.9 Å². The van der Waals surface area contributed by atoms with Gasteiger partial charge in [0.1, 0.15) is 0 Å². The molecule has 1 aliphatic carbocycles. The molecule has 1 saturated carbocycles. The van der Waals surface area contributed by atoms with Crippen molar-refractivity contribution in [2.45, 2.75) is 25.7 Å². The molecule has 0 aliphatic heterocycles. The van der Waals surface area contributed by atoms with Gasteiger partial charge in [0, 0.05) is 25.7 Å². The SMILES string of the molecule is Cn1c(=O)n(C)c2cc(NC(=O)C3CCCC(C(=O)O)C3)ccc21. The van der Waals surface area contributed by atoms with Crippen molar-refractivity contribution in [3.63, 3.8) is 0 Å². The predicted molar refractivity (Wildman–Crippen MR) is 89.9 cm³/mol. The number of hydrogen-bond donors (Lipinski definition) is 2. The van der Waals surface area contributed by atoms with Gasteiger partial charge in [-0.15, -0.1) is 0 Å². The summed E-state index contributed by atoms with van der Waals surface area (Å²) in [6.07, 6.45) is 2.48. The van der Waals surface area contributed by atoms with E-state index in [-0.39, 0.29) is 17.5 Å². The van der Waals surface area contributed by atoms with Crippen molar-refractivity contribution in [2.75, 3.05) is 5.32 Å². The van der Waals surface area contributed by atoms with Crippen LogP contribution in [0.15, 0.2) is 23.0 Å². The van der Waals surface area contributed by atoms with Crippen LogP contribution in [0.1, 0.15) is 25.7 Å². The number of hydrogen-bond acceptors (Lipinski definition) is 3. The fourth-order valence-corrected chi connectivity index (χ4v) is 3.48. The van der Waals surface area contributed by atoms with Gasteiger partial charge in [0.15, 0.2) is 0 Å². The summed E-state index contributed by atoms with van der Waals surface area (Å²) in [6, 6.07) is 5.33. The predicted octanol–water partition coefficient (Wildman–Crippen LogP) is 1.71. The van der Waals surface area contributed by atoms with Crippen LogP contribution in [0, 0.1) is 11.8 Å². The van der Waals surface area contributed by atoms with E-state index in [9.17, 15) is 14.4 Å². The van der Waals surface area contributed by atoms with Crippen LogP contribution < -0.4 is 11.0 Å². The summed E-state index contributed by atoms with van der Waals surface area (Å²) in [6.45, 7) is 0. The van der Waals surface area contributed by atoms with E-state index in [2.05, 4.69) is 5.32 Å². The third kappa shape index (κ3) is 2.81. The molecule has 24 heavy (non-hydrogen) atoms. The van der Waals surface area contributed by atoms with Crippen molar-refractivity contribution in [1.82, 2.24) is 9.13 Å². The van der Waals surface area contributed by atoms with E-state index in [1.807, 2.05) is 0 Å². The lowest BCUT2D eigenvalue weighted by atomic mass is 9.81. The topological polar surface area (TPSA) is 93.3 Å². The van der Waals surface area contributed by atoms with Crippen LogP contribution in [0.5, 0.6) is 0 Å². The van der Waals surface area contributed by atoms with E-state index < -0.39 is 11.9 Å². The summed E-state index contributed by atoms with van der Waals surface area (Å²) in [5.41, 5.74) is 2.03. The lowest BCUT2D eigenvalue weighted by Crippen LogP contribution is -2.30. The Morgan fingerprint density at radius 3 is 2.50 bits per heavy atom. The molecule has 128 valence electrons. The molecule has 2 aromatic rings. The summed E-state index contributed by atoms with van der Waals surface area (Å²) in [5.74, 6) is -1.70. The Morgan fingerprint density at radius 1 is 1.12 bits per heavy atom. The van der Waals surface area contributed by atoms with Gasteiger partial charge in [-0.1, -0.05) is 6.42 Å². The number of aryl methyl sites for hydroxylation is 2. The number of aliphatic carboxylic acids is 1. The number of nitrogens with one attached hydrogen (secondary N) is 1. The second-order valence-electron chi connectivity index (χ2n) is 6.49. The molecule has 2 atom stereocenters. The van der Waals surface area contributed by atoms with Gasteiger partial charge < -0.3 is 10.4 Å². The molecule has 7 heteroatoms. The number of carbonyl (C=O) groups excluding carboxylic acids is 1. The maximum absolute atomic E-state index is 12.5. The van der Waals surface area contributed by atoms with Crippen molar-refractivity contribution in [3.8, 4) is 0 Å². The van der Waals surface area contributed by atoms with Crippen molar-refractivity contribution >= 4 is 28.6 Å². The number of imidazole rings is 1. The number of carboxylic acids is 1. The highest BCUT2D eigenvalue weighted by atomic mass is 16.4. The van der Waals surface area contributed by atoms with E-state index in [1.54, 1.807) is 36.9 Å². The Bertz CT molecular complexity index is 865. The Kier molecular flexibility index (Phi) is 4.17. The summed E-state index contributed by atoms with van der Waals surface area (Å²) in [4.78, 5) is 35.5. The molecule has 1 aromatic heterocycles. The first kappa shape index (κ1) is 16.3. The van der Waals surface area contributed by atoms with Gasteiger partial charge >= 0.3 is 11.7 Å². The zero-order chi connectivity index (χ0) is 17.4. The minimum atomic E-state index is -0.826. The molecule has 3 rings (SSSR count). The highest BCUT2D eigenvalue weighted by Gasteiger charge is 2.31. The quantitative estimate of drug-likeness (QED) is 0.895. The second-order valence-corrected chi connectivity index (χ2v) is 6.49. The normalized spacial score (nSPS) is 20.9. The van der Waals surface area contributed by atoms with E-state index >= 15 is 0 Å². The third-order valence-corrected chi connectivity index (χ3v) is 4.93. The summed E-state index contributed by atoms with van der Waals surface area (Å²) in [5, 5.41) is 12.0. The van der Waals surface area contributed by atoms with E-state index in [0.29, 0.717) is 24.9 Å². The first-order chi connectivity index (χ1) is 11.4. The molecule has 0 bridgehead atoms. The first-order valence-corrected chi connectivity index (χ1v) is 8.07. The standard InChI is InChI=1S/C17H21N3O4/c1-19-13-7-6-12(9-14(13)20(2)17(19)24)18-15(21)10-4-3-5-11(8-10)16(22)23/h6-7,9-11H,3-5,8H2,1-2H3,(H,18,21)(H,22,23). The molecule has 1 aromatic carbocycles. The molecule has 0 radical (unpaired) electrons. The Labute approximate surface area is 138 Å². The minimum Gasteiger partial charge on any atom is -0.481 e. The molecule has 2 N–H and O–H groups in total. The number of amides is 1. The number of benzene rings is 1. The Morgan fingerprint density at radius 2 is 1.79 bits per heavy atom. The highest BCUT2D eigenvalue weighted by Crippen LogP contribution is 2.30. The summed E-state index contributed by atoms with van der Waals surface area (Å²) in [7, 11) is 3.39. The average Bonchev–Trinajstić information content (AvgIpc) is 2.79. The van der Waals surface area contributed by atoms with Gasteiger partial charge in [-0.25, -0.2) is 4.79 Å². The van der Waals surface area contributed by atoms with Gasteiger partial charge in [0.25, 0.3) is 0 Å². The maximum Gasteiger partial charge on any atom is 0.328 e. The molecule has 1 fully saturated rings. The molecular formula is C17H21N3O4. The molecule has 2 unspecified atom stereocenters. The van der Waals surface area contributed by atoms with Crippen LogP contribution in [-0.2, 0) is 23.7 Å². The molecule has 0 spiro atoms. The molecule has 0 saturated heterocycles. The van der Waals surface area contributed by atoms with Crippen LogP contribution >= 0.6 is 0 Å². The third-order valence-electron chi connectivity index (χ3n) is 4.93. The highest BCUT2D eigenvalue weighted by molar-refractivity contribution is 5.95. The van der Waals surface area contributed by atoms with Crippen LogP contribution in [0.2, 0.25) is 0 Å². The number of carbonyl (C=O) groups is 2. The van der Waals surface area contributed by atoms with E-state index in [1.165, 1.54) is 4.57 Å². The van der Waals surface area contributed by atoms with Crippen LogP contribution in [0.4, 0.5) is 5.69 Å². The Hall–Kier alpha value is -2.57. The smallest absolute Gasteiger partial charge is 0.328 e. The van der Waals surface area contributed by atoms with E-state index in [0.717, 1.165) is 17.5 Å². The molecule has 1 heterocycles. The largest absolute Gasteiger partial charge is 0.481 e. The number of aromatic nitrogens is 2. The second kappa shape index (κ2) is 6.14. The van der Waals surface area contributed by atoms with Crippen LogP contribution in [0.25, 0.3) is 11.0 Å². The molecule has 1 aliphatic rings. The number of nitrogens with zero attached hydrogens (tertiary/aromatic N) is 2. The molecule has 1 amide bonds. The van der Waals surface area contributed by atoms with Crippen molar-refractivity contribution < 1.29 is 14.7 Å². The average molecular weight is 331 g/mol. The number of rotatable bonds is 3. The zero-order valence-electron chi connectivity index (χ0n) is 13.8. The van der Waals surface area contributed by atoms with Gasteiger partial charge in [-0.2, -0.15) is 0 Å². The fourth-order valence-electron chi connectivity index (χ4n) is 3.48. The zero-order valence-corrected chi connectivity index (χ0v) is 13.8. The first-order valence-electron chi connectivity index (χ1n) is 8.07. The Balaban J connectivity index is 1.79. The lowest BCUT2D eigenvalue weighted by molar-refractivity contribution is -0.143. The van der Waals surface area contributed by atoms with Crippen LogP contribution in [0.3, 0.4) is 0 Å². The van der Waals surface area contributed by atoms with Gasteiger partial charge in [-0.3, -0.25) is 18.7 Å². The fraction of sp³-hybridized carbons (Fsp3) is 0.471. The molecular weight excluding hydrogens is 310 g/mol. The minimum absolute atomic E-state index is 0.120. The van der Waals surface area contributed by atoms with Crippen molar-refractivity contribution in [1.29, 1.82) is 0 Å². The van der Waals surface area contributed by atoms with Gasteiger partial charge in [0.05, 0.1) is 17.0 Å². The molecule has 7 nitrogen and oxygen atoms in total. The summed E-state index contributed by atoms with van der Waals surface area (Å²) < 4.78 is 3.09. The monoisotopic (exact) mass is 331 g/mol. The summed E-state index contributed by atoms with van der Waals surface area (Å²) >= 11 is 0. The lowest BCUT2D eigenvalue weighted by Gasteiger charge is -2.25. The maximum atomic E-state index is 12.5. The van der Waals surface area contributed by atoms with Gasteiger partial charge in [-0.05, 0) is 37.5 Å². The van der Waals surface area contributed by atoms with E-state index in [4.69, 9.17) is 5.11 Å². The van der Waals surface area contributed by atoms with Gasteiger partial charge in [0.2, 0.25) is 5.91 Å². The van der Waals surface area contributed by atoms with Crippen molar-refractivity contribution in [3.05, 3.63) is 28.7 Å². The van der Waals surface area contributed by atoms with Crippen LogP contribution in [-0.4, -0.2) is 26.1 Å². The number of fused-ring (bicyclic) bond motifs is 1.